The van der Waals surface area contributed by atoms with Crippen LogP contribution in [-0.4, -0.2) is 36.0 Å². The lowest BCUT2D eigenvalue weighted by atomic mass is 10.2. The molecule has 9 nitrogen and oxygen atoms in total. The van der Waals surface area contributed by atoms with Gasteiger partial charge in [0.1, 0.15) is 5.75 Å². The second kappa shape index (κ2) is 10.2. The summed E-state index contributed by atoms with van der Waals surface area (Å²) in [4.78, 5) is 23.1. The molecule has 34 heavy (non-hydrogen) atoms. The average molecular weight is 476 g/mol. The zero-order chi connectivity index (χ0) is 24.1. The molecule has 0 radical (unpaired) electrons. The molecule has 10 heteroatoms. The van der Waals surface area contributed by atoms with E-state index in [1.807, 2.05) is 34.9 Å². The van der Waals surface area contributed by atoms with Crippen molar-refractivity contribution in [2.45, 2.75) is 23.9 Å². The maximum Gasteiger partial charge on any atom is 0.269 e. The summed E-state index contributed by atoms with van der Waals surface area (Å²) in [5, 5.41) is 32.0. The minimum Gasteiger partial charge on any atom is -0.508 e. The summed E-state index contributed by atoms with van der Waals surface area (Å²) < 4.78 is 1.93. The normalized spacial score (nSPS) is 11.7. The number of phenolic OH excluding ortho intramolecular Hbond substituents is 1. The number of hydrogen-bond acceptors (Lipinski definition) is 7. The number of nitro groups is 1. The first-order valence-electron chi connectivity index (χ1n) is 10.4. The van der Waals surface area contributed by atoms with Gasteiger partial charge in [0.25, 0.3) is 5.69 Å². The lowest BCUT2D eigenvalue weighted by molar-refractivity contribution is -0.384. The molecular formula is C24H21N5O4S. The molecule has 1 amide bonds. The number of rotatable bonds is 8. The molecule has 4 rings (SSSR count). The third-order valence-corrected chi connectivity index (χ3v) is 6.10. The quantitative estimate of drug-likeness (QED) is 0.215. The van der Waals surface area contributed by atoms with Crippen molar-refractivity contribution in [3.63, 3.8) is 0 Å². The molecule has 172 valence electrons. The molecule has 0 saturated carbocycles. The van der Waals surface area contributed by atoms with Gasteiger partial charge in [-0.05, 0) is 48.9 Å². The summed E-state index contributed by atoms with van der Waals surface area (Å²) in [7, 11) is 0. The van der Waals surface area contributed by atoms with Gasteiger partial charge in [0.05, 0.1) is 16.7 Å². The van der Waals surface area contributed by atoms with Crippen LogP contribution < -0.4 is 5.32 Å². The molecule has 4 aromatic rings. The van der Waals surface area contributed by atoms with E-state index >= 15 is 0 Å². The number of phenols is 1. The van der Waals surface area contributed by atoms with E-state index in [0.29, 0.717) is 23.2 Å². The van der Waals surface area contributed by atoms with Gasteiger partial charge >= 0.3 is 0 Å². The molecule has 3 aromatic carbocycles. The highest BCUT2D eigenvalue weighted by Gasteiger charge is 2.21. The topological polar surface area (TPSA) is 123 Å². The van der Waals surface area contributed by atoms with Crippen LogP contribution in [0, 0.1) is 10.1 Å². The number of amides is 1. The predicted molar refractivity (Wildman–Crippen MR) is 130 cm³/mol. The SMILES string of the molecule is C[C@H](Sc1nnc(-c2ccc(O)cc2)n1Cc1ccccc1)C(=O)Nc1ccc([N+](=O)[O-])cc1. The van der Waals surface area contributed by atoms with Crippen LogP contribution in [0.1, 0.15) is 12.5 Å². The highest BCUT2D eigenvalue weighted by atomic mass is 32.2. The number of nitrogens with one attached hydrogen (secondary N) is 1. The number of carbonyl (C=O) groups excluding carboxylic acids is 1. The predicted octanol–water partition coefficient (Wildman–Crippen LogP) is 4.73. The van der Waals surface area contributed by atoms with Crippen molar-refractivity contribution >= 4 is 29.0 Å². The van der Waals surface area contributed by atoms with Crippen LogP contribution in [-0.2, 0) is 11.3 Å². The number of hydrogen-bond donors (Lipinski definition) is 2. The first kappa shape index (κ1) is 23.0. The van der Waals surface area contributed by atoms with E-state index in [1.165, 1.54) is 36.0 Å². The second-order valence-corrected chi connectivity index (χ2v) is 8.79. The number of anilines is 1. The Bertz CT molecular complexity index is 1290. The highest BCUT2D eigenvalue weighted by Crippen LogP contribution is 2.29. The molecular weight excluding hydrogens is 454 g/mol. The Kier molecular flexibility index (Phi) is 6.88. The van der Waals surface area contributed by atoms with Crippen LogP contribution in [0.3, 0.4) is 0 Å². The Labute approximate surface area is 199 Å². The van der Waals surface area contributed by atoms with E-state index in [-0.39, 0.29) is 17.3 Å². The Balaban J connectivity index is 1.55. The maximum absolute atomic E-state index is 12.8. The van der Waals surface area contributed by atoms with E-state index < -0.39 is 10.2 Å². The molecule has 2 N–H and O–H groups in total. The van der Waals surface area contributed by atoms with Gasteiger partial charge in [-0.15, -0.1) is 10.2 Å². The van der Waals surface area contributed by atoms with Crippen molar-refractivity contribution < 1.29 is 14.8 Å². The summed E-state index contributed by atoms with van der Waals surface area (Å²) in [6.45, 7) is 2.26. The van der Waals surface area contributed by atoms with E-state index in [4.69, 9.17) is 0 Å². The number of carbonyl (C=O) groups is 1. The first-order chi connectivity index (χ1) is 16.4. The number of nitro benzene ring substituents is 1. The second-order valence-electron chi connectivity index (χ2n) is 7.48. The largest absolute Gasteiger partial charge is 0.508 e. The summed E-state index contributed by atoms with van der Waals surface area (Å²) in [5.41, 5.74) is 2.26. The Morgan fingerprint density at radius 2 is 1.74 bits per heavy atom. The highest BCUT2D eigenvalue weighted by molar-refractivity contribution is 8.00. The van der Waals surface area contributed by atoms with Crippen molar-refractivity contribution in [3.8, 4) is 17.1 Å². The zero-order valence-corrected chi connectivity index (χ0v) is 19.0. The van der Waals surface area contributed by atoms with Crippen LogP contribution in [0.25, 0.3) is 11.4 Å². The van der Waals surface area contributed by atoms with Crippen LogP contribution >= 0.6 is 11.8 Å². The number of non-ortho nitro benzene ring substituents is 1. The van der Waals surface area contributed by atoms with Crippen LogP contribution in [0.5, 0.6) is 5.75 Å². The number of thioether (sulfide) groups is 1. The molecule has 0 aliphatic carbocycles. The molecule has 0 fully saturated rings. The van der Waals surface area contributed by atoms with Crippen molar-refractivity contribution in [1.82, 2.24) is 14.8 Å². The molecule has 1 aromatic heterocycles. The average Bonchev–Trinajstić information content (AvgIpc) is 3.22. The fraction of sp³-hybridized carbons (Fsp3) is 0.125. The molecule has 1 atom stereocenters. The van der Waals surface area contributed by atoms with Gasteiger partial charge in [-0.2, -0.15) is 0 Å². The van der Waals surface area contributed by atoms with Gasteiger partial charge in [-0.3, -0.25) is 19.5 Å². The summed E-state index contributed by atoms with van der Waals surface area (Å²) in [6.07, 6.45) is 0. The van der Waals surface area contributed by atoms with Crippen LogP contribution in [0.15, 0.2) is 84.0 Å². The monoisotopic (exact) mass is 475 g/mol. The summed E-state index contributed by atoms with van der Waals surface area (Å²) in [5.74, 6) is 0.512. The fourth-order valence-electron chi connectivity index (χ4n) is 3.23. The summed E-state index contributed by atoms with van der Waals surface area (Å²) in [6, 6.07) is 22.2. The first-order valence-corrected chi connectivity index (χ1v) is 11.3. The molecule has 0 aliphatic heterocycles. The van der Waals surface area contributed by atoms with E-state index in [9.17, 15) is 20.0 Å². The van der Waals surface area contributed by atoms with Gasteiger partial charge in [0.2, 0.25) is 5.91 Å². The molecule has 0 unspecified atom stereocenters. The maximum atomic E-state index is 12.8. The molecule has 0 aliphatic rings. The smallest absolute Gasteiger partial charge is 0.269 e. The third-order valence-electron chi connectivity index (χ3n) is 5.02. The van der Waals surface area contributed by atoms with Gasteiger partial charge < -0.3 is 10.4 Å². The molecule has 0 saturated heterocycles. The van der Waals surface area contributed by atoms with Gasteiger partial charge in [0, 0.05) is 23.4 Å². The fourth-order valence-corrected chi connectivity index (χ4v) is 4.08. The minimum absolute atomic E-state index is 0.0452. The molecule has 1 heterocycles. The van der Waals surface area contributed by atoms with E-state index in [1.54, 1.807) is 31.2 Å². The van der Waals surface area contributed by atoms with Crippen LogP contribution in [0.4, 0.5) is 11.4 Å². The lowest BCUT2D eigenvalue weighted by Crippen LogP contribution is -2.23. The number of aromatic nitrogens is 3. The Hall–Kier alpha value is -4.18. The Morgan fingerprint density at radius 3 is 2.38 bits per heavy atom. The van der Waals surface area contributed by atoms with E-state index in [0.717, 1.165) is 11.1 Å². The number of nitrogens with zero attached hydrogens (tertiary/aromatic N) is 4. The van der Waals surface area contributed by atoms with Crippen LogP contribution in [0.2, 0.25) is 0 Å². The van der Waals surface area contributed by atoms with Crippen molar-refractivity contribution in [1.29, 1.82) is 0 Å². The van der Waals surface area contributed by atoms with E-state index in [2.05, 4.69) is 15.5 Å². The van der Waals surface area contributed by atoms with Crippen molar-refractivity contribution in [3.05, 3.63) is 94.5 Å². The van der Waals surface area contributed by atoms with Gasteiger partial charge in [-0.25, -0.2) is 0 Å². The molecule has 0 bridgehead atoms. The number of aromatic hydroxyl groups is 1. The zero-order valence-electron chi connectivity index (χ0n) is 18.2. The van der Waals surface area contributed by atoms with Gasteiger partial charge in [0.15, 0.2) is 11.0 Å². The van der Waals surface area contributed by atoms with Gasteiger partial charge in [-0.1, -0.05) is 42.1 Å². The lowest BCUT2D eigenvalue weighted by Gasteiger charge is -2.14. The molecule has 0 spiro atoms. The standard InChI is InChI=1S/C24H21N5O4S/c1-16(23(31)25-19-9-11-20(12-10-19)29(32)33)34-24-27-26-22(18-7-13-21(30)14-8-18)28(24)15-17-5-3-2-4-6-17/h2-14,16,30H,15H2,1H3,(H,25,31)/t16-/m0/s1. The minimum atomic E-state index is -0.512. The Morgan fingerprint density at radius 1 is 1.06 bits per heavy atom. The summed E-state index contributed by atoms with van der Waals surface area (Å²) >= 11 is 1.26. The van der Waals surface area contributed by atoms with Crippen molar-refractivity contribution in [2.24, 2.45) is 0 Å². The number of benzene rings is 3. The van der Waals surface area contributed by atoms with Crippen molar-refractivity contribution in [2.75, 3.05) is 5.32 Å². The third kappa shape index (κ3) is 5.41.